The van der Waals surface area contributed by atoms with Gasteiger partial charge in [0.25, 0.3) is 0 Å². The normalized spacial score (nSPS) is 11.1. The molecule has 0 saturated heterocycles. The molecule has 0 aromatic rings. The van der Waals surface area contributed by atoms with Gasteiger partial charge in [-0.1, -0.05) is 0 Å². The van der Waals surface area contributed by atoms with Crippen LogP contribution in [-0.4, -0.2) is 85.0 Å². The van der Waals surface area contributed by atoms with Gasteiger partial charge in [0.15, 0.2) is 5.60 Å². The van der Waals surface area contributed by atoms with Gasteiger partial charge in [-0.05, 0) is 0 Å². The summed E-state index contributed by atoms with van der Waals surface area (Å²) in [7, 11) is -4.67. The second kappa shape index (κ2) is 23.7. The van der Waals surface area contributed by atoms with Crippen LogP contribution >= 0.6 is 0 Å². The first-order valence-corrected chi connectivity index (χ1v) is 8.36. The van der Waals surface area contributed by atoms with Gasteiger partial charge in [0.2, 0.25) is 0 Å². The summed E-state index contributed by atoms with van der Waals surface area (Å²) < 4.78 is 31.6. The summed E-state index contributed by atoms with van der Waals surface area (Å²) in [4.78, 5) is 60.3. The number of hydrogen-bond acceptors (Lipinski definition) is 14. The van der Waals surface area contributed by atoms with Gasteiger partial charge in [0.05, 0.1) is 12.4 Å². The van der Waals surface area contributed by atoms with Crippen molar-refractivity contribution in [1.29, 1.82) is 0 Å². The zero-order valence-electron chi connectivity index (χ0n) is 18.8. The fraction of sp³-hybridized carbons (Fsp3) is 0.500. The molecule has 0 fully saturated rings. The number of carbonyl (C=O) groups excluding carboxylic acids is 4. The summed E-state index contributed by atoms with van der Waals surface area (Å²) in [5, 5.41) is 74.4. The maximum absolute atomic E-state index is 10.3. The molecule has 180 valence electrons. The molecule has 1 atom stereocenters. The van der Waals surface area contributed by atoms with Crippen LogP contribution in [0.5, 0.6) is 0 Å². The van der Waals surface area contributed by atoms with E-state index in [9.17, 15) is 49.2 Å². The number of hydrogen-bond donors (Lipinski definition) is 6. The first-order chi connectivity index (χ1) is 13.6. The van der Waals surface area contributed by atoms with Gasteiger partial charge in [-0.3, -0.25) is 13.9 Å². The van der Waals surface area contributed by atoms with Crippen LogP contribution in [0.4, 0.5) is 0 Å². The third-order valence-electron chi connectivity index (χ3n) is 2.53. The van der Waals surface area contributed by atoms with E-state index in [0.29, 0.717) is 0 Å². The maximum Gasteiger partial charge on any atom is 1.00 e. The van der Waals surface area contributed by atoms with Crippen molar-refractivity contribution in [2.24, 2.45) is 0 Å². The molecule has 0 spiro atoms. The van der Waals surface area contributed by atoms with Gasteiger partial charge in [0.1, 0.15) is 5.60 Å². The molecule has 0 aromatic carbocycles. The van der Waals surface area contributed by atoms with E-state index in [0.717, 1.165) is 0 Å². The number of rotatable bonds is 10. The molecule has 1 unspecified atom stereocenters. The van der Waals surface area contributed by atoms with Crippen LogP contribution in [0.2, 0.25) is 0 Å². The van der Waals surface area contributed by atoms with Crippen LogP contribution in [0, 0.1) is 0 Å². The van der Waals surface area contributed by atoms with E-state index in [-0.39, 0.29) is 118 Å². The molecule has 0 heterocycles. The smallest absolute Gasteiger partial charge is 0.550 e. The van der Waals surface area contributed by atoms with Crippen LogP contribution in [0.1, 0.15) is 25.7 Å². The molecular weight excluding hydrogens is 556 g/mol. The third kappa shape index (κ3) is 34.6. The molecule has 6 N–H and O–H groups in total. The third-order valence-corrected chi connectivity index (χ3v) is 2.53. The van der Waals surface area contributed by atoms with Gasteiger partial charge in [-0.2, -0.15) is 8.42 Å². The Kier molecular flexibility index (Phi) is 35.3. The van der Waals surface area contributed by atoms with Crippen molar-refractivity contribution in [2.75, 3.05) is 0 Å². The number of carboxylic acids is 6. The molecule has 18 nitrogen and oxygen atoms in total. The molecule has 0 aromatic heterocycles. The van der Waals surface area contributed by atoms with E-state index in [1.54, 1.807) is 0 Å². The Bertz CT molecular complexity index is 720. The van der Waals surface area contributed by atoms with E-state index < -0.39 is 83.1 Å². The SMILES string of the molecule is O=C([O-])CC(O)(CC(=O)O)C(=O)O.O=C([O-])CC(O)(CC(=O)[O-])C(=O)[O-].O=S(=O)(O)O.[Na+].[Na+].[Na+].[Na+]. The average Bonchev–Trinajstić information content (AvgIpc) is 2.41. The summed E-state index contributed by atoms with van der Waals surface area (Å²) >= 11 is 0. The summed E-state index contributed by atoms with van der Waals surface area (Å²) in [5.41, 5.74) is -5.78. The van der Waals surface area contributed by atoms with E-state index in [2.05, 4.69) is 0 Å². The fourth-order valence-electron chi connectivity index (χ4n) is 1.39. The monoisotopic (exact) mass is 570 g/mol. The topological polar surface area (TPSA) is 350 Å². The molecule has 0 bridgehead atoms. The van der Waals surface area contributed by atoms with Gasteiger partial charge >= 0.3 is 141 Å². The van der Waals surface area contributed by atoms with Crippen molar-refractivity contribution in [3.8, 4) is 0 Å². The fourth-order valence-corrected chi connectivity index (χ4v) is 1.39. The second-order valence-electron chi connectivity index (χ2n) is 5.32. The summed E-state index contributed by atoms with van der Waals surface area (Å²) in [6.45, 7) is 0. The molecule has 0 amide bonds. The molecule has 23 heteroatoms. The van der Waals surface area contributed by atoms with Crippen molar-refractivity contribution >= 4 is 46.2 Å². The average molecular weight is 570 g/mol. The second-order valence-corrected chi connectivity index (χ2v) is 6.22. The van der Waals surface area contributed by atoms with Gasteiger partial charge in [-0.15, -0.1) is 0 Å². The minimum Gasteiger partial charge on any atom is -0.550 e. The van der Waals surface area contributed by atoms with Crippen LogP contribution in [-0.2, 0) is 39.2 Å². The largest absolute Gasteiger partial charge is 1.00 e. The quantitative estimate of drug-likeness (QED) is 0.105. The minimum absolute atomic E-state index is 0. The van der Waals surface area contributed by atoms with Crippen LogP contribution in [0.25, 0.3) is 0 Å². The summed E-state index contributed by atoms with van der Waals surface area (Å²) in [5.74, 6) is -11.3. The zero-order valence-corrected chi connectivity index (χ0v) is 27.6. The van der Waals surface area contributed by atoms with Crippen LogP contribution in [0.3, 0.4) is 0 Å². The van der Waals surface area contributed by atoms with Gasteiger partial charge in [-0.25, -0.2) is 4.79 Å². The van der Waals surface area contributed by atoms with E-state index >= 15 is 0 Å². The number of carboxylic acid groups (broad SMARTS) is 6. The number of carbonyl (C=O) groups is 6. The predicted octanol–water partition coefficient (Wildman–Crippen LogP) is -20.5. The Labute approximate surface area is 284 Å². The Morgan fingerprint density at radius 3 is 0.971 bits per heavy atom. The number of aliphatic hydroxyl groups is 2. The Morgan fingerprint density at radius 1 is 0.600 bits per heavy atom. The van der Waals surface area contributed by atoms with Crippen molar-refractivity contribution in [3.05, 3.63) is 0 Å². The van der Waals surface area contributed by atoms with Crippen molar-refractivity contribution < 1.29 is 205 Å². The first-order valence-electron chi connectivity index (χ1n) is 6.96. The maximum atomic E-state index is 10.3. The molecule has 35 heavy (non-hydrogen) atoms. The molecule has 0 aliphatic carbocycles. The zero-order chi connectivity index (χ0) is 25.8. The Balaban J connectivity index is -0.0000000686. The van der Waals surface area contributed by atoms with Crippen molar-refractivity contribution in [2.45, 2.75) is 36.9 Å². The van der Waals surface area contributed by atoms with E-state index in [4.69, 9.17) is 37.9 Å². The summed E-state index contributed by atoms with van der Waals surface area (Å²) in [6, 6.07) is 0. The predicted molar refractivity (Wildman–Crippen MR) is 77.8 cm³/mol. The van der Waals surface area contributed by atoms with Gasteiger partial charge < -0.3 is 60.0 Å². The van der Waals surface area contributed by atoms with Crippen LogP contribution < -0.4 is 139 Å². The van der Waals surface area contributed by atoms with Crippen molar-refractivity contribution in [1.82, 2.24) is 0 Å². The molecule has 0 radical (unpaired) electrons. The Morgan fingerprint density at radius 2 is 0.829 bits per heavy atom. The molecule has 0 aliphatic rings. The van der Waals surface area contributed by atoms with E-state index in [1.165, 1.54) is 0 Å². The van der Waals surface area contributed by atoms with Crippen LogP contribution in [0.15, 0.2) is 0 Å². The summed E-state index contributed by atoms with van der Waals surface area (Å²) in [6.07, 6.45) is -5.16. The molecule has 0 saturated carbocycles. The molecule has 0 rings (SSSR count). The minimum atomic E-state index is -4.67. The first kappa shape index (κ1) is 52.1. The van der Waals surface area contributed by atoms with E-state index in [1.807, 2.05) is 0 Å². The molecule has 0 aliphatic heterocycles. The van der Waals surface area contributed by atoms with Gasteiger partial charge in [0, 0.05) is 37.2 Å². The number of aliphatic carboxylic acids is 6. The standard InChI is InChI=1S/2C6H8O7.4Na.H2O4S/c2*7-3(8)1-6(13,5(11)12)2-4(9)10;;;;;1-5(2,3)4/h2*13H,1-2H2,(H,7,8)(H,9,10)(H,11,12);;;;;(H2,1,2,3,4)/q;;4*+1;/p-4. The molecular formula is C12H14Na4O18S. The Hall–Kier alpha value is 0.610. The van der Waals surface area contributed by atoms with Crippen molar-refractivity contribution in [3.63, 3.8) is 0 Å².